The number of halogens is 1. The third-order valence-corrected chi connectivity index (χ3v) is 4.59. The van der Waals surface area contributed by atoms with Gasteiger partial charge >= 0.3 is 5.97 Å². The second-order valence-corrected chi connectivity index (χ2v) is 7.59. The summed E-state index contributed by atoms with van der Waals surface area (Å²) < 4.78 is 6.50. The van der Waals surface area contributed by atoms with Crippen molar-refractivity contribution in [2.24, 2.45) is 0 Å². The van der Waals surface area contributed by atoms with Gasteiger partial charge in [0.1, 0.15) is 10.5 Å². The molecule has 0 amide bonds. The van der Waals surface area contributed by atoms with Gasteiger partial charge in [0.05, 0.1) is 5.69 Å². The van der Waals surface area contributed by atoms with Crippen LogP contribution in [0.15, 0.2) is 30.3 Å². The number of esters is 1. The number of ether oxygens (including phenoxy) is 1. The van der Waals surface area contributed by atoms with Crippen molar-refractivity contribution in [2.45, 2.75) is 26.4 Å². The Morgan fingerprint density at radius 1 is 1.30 bits per heavy atom. The SMILES string of the molecule is CC(C)(C)OC(=O)c1sc(-c2ccccc2I)cc1N. The first kappa shape index (κ1) is 15.3. The Balaban J connectivity index is 2.36. The number of anilines is 1. The highest BCUT2D eigenvalue weighted by atomic mass is 127. The van der Waals surface area contributed by atoms with E-state index in [1.165, 1.54) is 11.3 Å². The number of rotatable bonds is 2. The van der Waals surface area contributed by atoms with Crippen LogP contribution in [-0.4, -0.2) is 11.6 Å². The predicted molar refractivity (Wildman–Crippen MR) is 92.1 cm³/mol. The Morgan fingerprint density at radius 3 is 2.55 bits per heavy atom. The summed E-state index contributed by atoms with van der Waals surface area (Å²) in [4.78, 5) is 13.6. The van der Waals surface area contributed by atoms with E-state index in [2.05, 4.69) is 22.6 Å². The normalized spacial score (nSPS) is 11.4. The van der Waals surface area contributed by atoms with E-state index in [0.29, 0.717) is 10.6 Å². The number of thiophene rings is 1. The molecule has 106 valence electrons. The Morgan fingerprint density at radius 2 is 1.95 bits per heavy atom. The molecule has 0 saturated carbocycles. The van der Waals surface area contributed by atoms with Crippen molar-refractivity contribution in [2.75, 3.05) is 5.73 Å². The molecule has 1 aromatic carbocycles. The van der Waals surface area contributed by atoms with Gasteiger partial charge in [-0.2, -0.15) is 0 Å². The van der Waals surface area contributed by atoms with E-state index in [9.17, 15) is 4.79 Å². The summed E-state index contributed by atoms with van der Waals surface area (Å²) in [5.41, 5.74) is 6.99. The van der Waals surface area contributed by atoms with E-state index in [1.807, 2.05) is 51.1 Å². The molecule has 0 fully saturated rings. The zero-order valence-corrected chi connectivity index (χ0v) is 14.5. The largest absolute Gasteiger partial charge is 0.456 e. The maximum absolute atomic E-state index is 12.1. The Kier molecular flexibility index (Phi) is 4.39. The predicted octanol–water partition coefficient (Wildman–Crippen LogP) is 4.56. The van der Waals surface area contributed by atoms with Crippen LogP contribution in [0.4, 0.5) is 5.69 Å². The molecule has 0 aliphatic heterocycles. The molecule has 0 radical (unpaired) electrons. The van der Waals surface area contributed by atoms with E-state index >= 15 is 0 Å². The second kappa shape index (κ2) is 5.73. The van der Waals surface area contributed by atoms with E-state index < -0.39 is 5.60 Å². The van der Waals surface area contributed by atoms with Gasteiger partial charge in [0.25, 0.3) is 0 Å². The Hall–Kier alpha value is -1.08. The number of hydrogen-bond donors (Lipinski definition) is 1. The molecule has 0 bridgehead atoms. The smallest absolute Gasteiger partial charge is 0.350 e. The van der Waals surface area contributed by atoms with Gasteiger partial charge in [-0.15, -0.1) is 11.3 Å². The molecule has 20 heavy (non-hydrogen) atoms. The number of carbonyl (C=O) groups excluding carboxylic acids is 1. The van der Waals surface area contributed by atoms with Gasteiger partial charge in [-0.1, -0.05) is 18.2 Å². The molecular weight excluding hydrogens is 385 g/mol. The fraction of sp³-hybridized carbons (Fsp3) is 0.267. The molecule has 1 aromatic heterocycles. The minimum atomic E-state index is -0.519. The standard InChI is InChI=1S/C15H16INO2S/c1-15(2,3)19-14(18)13-11(17)8-12(20-13)9-6-4-5-7-10(9)16/h4-8H,17H2,1-3H3. The zero-order valence-electron chi connectivity index (χ0n) is 11.6. The van der Waals surface area contributed by atoms with Gasteiger partial charge in [0.15, 0.2) is 0 Å². The van der Waals surface area contributed by atoms with Crippen LogP contribution in [0.2, 0.25) is 0 Å². The Labute approximate surface area is 136 Å². The minimum absolute atomic E-state index is 0.364. The molecule has 0 aliphatic carbocycles. The maximum Gasteiger partial charge on any atom is 0.350 e. The van der Waals surface area contributed by atoms with Crippen molar-refractivity contribution in [1.29, 1.82) is 0 Å². The molecular formula is C15H16INO2S. The van der Waals surface area contributed by atoms with E-state index in [1.54, 1.807) is 0 Å². The highest BCUT2D eigenvalue weighted by molar-refractivity contribution is 14.1. The summed E-state index contributed by atoms with van der Waals surface area (Å²) in [6.45, 7) is 5.53. The monoisotopic (exact) mass is 401 g/mol. The summed E-state index contributed by atoms with van der Waals surface area (Å²) in [6, 6.07) is 9.84. The number of carbonyl (C=O) groups is 1. The number of nitrogen functional groups attached to an aromatic ring is 1. The maximum atomic E-state index is 12.1. The average molecular weight is 401 g/mol. The first-order valence-corrected chi connectivity index (χ1v) is 8.05. The van der Waals surface area contributed by atoms with Crippen LogP contribution in [0, 0.1) is 3.57 Å². The third-order valence-electron chi connectivity index (χ3n) is 2.48. The van der Waals surface area contributed by atoms with Crippen molar-refractivity contribution in [3.05, 3.63) is 38.8 Å². The van der Waals surface area contributed by atoms with Crippen molar-refractivity contribution >= 4 is 45.6 Å². The van der Waals surface area contributed by atoms with Crippen LogP contribution >= 0.6 is 33.9 Å². The number of benzene rings is 1. The fourth-order valence-electron chi connectivity index (χ4n) is 1.68. The first-order chi connectivity index (χ1) is 9.28. The second-order valence-electron chi connectivity index (χ2n) is 5.38. The summed E-state index contributed by atoms with van der Waals surface area (Å²) in [5, 5.41) is 0. The van der Waals surface area contributed by atoms with E-state index in [-0.39, 0.29) is 5.97 Å². The first-order valence-electron chi connectivity index (χ1n) is 6.15. The van der Waals surface area contributed by atoms with Gasteiger partial charge in [-0.3, -0.25) is 0 Å². The van der Waals surface area contributed by atoms with Crippen molar-refractivity contribution in [1.82, 2.24) is 0 Å². The molecule has 2 N–H and O–H groups in total. The zero-order chi connectivity index (χ0) is 14.9. The summed E-state index contributed by atoms with van der Waals surface area (Å²) in [7, 11) is 0. The topological polar surface area (TPSA) is 52.3 Å². The van der Waals surface area contributed by atoms with E-state index in [4.69, 9.17) is 10.5 Å². The van der Waals surface area contributed by atoms with Crippen LogP contribution in [0.1, 0.15) is 30.4 Å². The van der Waals surface area contributed by atoms with Crippen LogP contribution in [-0.2, 0) is 4.74 Å². The molecule has 1 heterocycles. The molecule has 3 nitrogen and oxygen atoms in total. The number of hydrogen-bond acceptors (Lipinski definition) is 4. The van der Waals surface area contributed by atoms with Crippen molar-refractivity contribution in [3.8, 4) is 10.4 Å². The lowest BCUT2D eigenvalue weighted by molar-refractivity contribution is 0.00764. The van der Waals surface area contributed by atoms with Crippen LogP contribution < -0.4 is 5.73 Å². The molecule has 0 spiro atoms. The molecule has 0 unspecified atom stereocenters. The molecule has 0 aliphatic rings. The molecule has 2 rings (SSSR count). The molecule has 0 saturated heterocycles. The Bertz CT molecular complexity index is 644. The van der Waals surface area contributed by atoms with Gasteiger partial charge in [-0.05, 0) is 55.5 Å². The highest BCUT2D eigenvalue weighted by Crippen LogP contribution is 2.36. The van der Waals surface area contributed by atoms with Gasteiger partial charge < -0.3 is 10.5 Å². The summed E-state index contributed by atoms with van der Waals surface area (Å²) in [6.07, 6.45) is 0. The van der Waals surface area contributed by atoms with Crippen LogP contribution in [0.5, 0.6) is 0 Å². The lowest BCUT2D eigenvalue weighted by Gasteiger charge is -2.18. The van der Waals surface area contributed by atoms with Crippen LogP contribution in [0.25, 0.3) is 10.4 Å². The lowest BCUT2D eigenvalue weighted by Crippen LogP contribution is -2.23. The van der Waals surface area contributed by atoms with Crippen molar-refractivity contribution in [3.63, 3.8) is 0 Å². The van der Waals surface area contributed by atoms with Crippen LogP contribution in [0.3, 0.4) is 0 Å². The highest BCUT2D eigenvalue weighted by Gasteiger charge is 2.22. The van der Waals surface area contributed by atoms with E-state index in [0.717, 1.165) is 14.0 Å². The molecule has 2 aromatic rings. The third kappa shape index (κ3) is 3.52. The molecule has 5 heteroatoms. The number of nitrogens with two attached hydrogens (primary N) is 1. The summed E-state index contributed by atoms with van der Waals surface area (Å²) >= 11 is 3.65. The van der Waals surface area contributed by atoms with Crippen molar-refractivity contribution < 1.29 is 9.53 Å². The lowest BCUT2D eigenvalue weighted by atomic mass is 10.2. The van der Waals surface area contributed by atoms with Gasteiger partial charge in [0, 0.05) is 14.0 Å². The fourth-order valence-corrected chi connectivity index (χ4v) is 3.54. The summed E-state index contributed by atoms with van der Waals surface area (Å²) in [5.74, 6) is -0.364. The van der Waals surface area contributed by atoms with Gasteiger partial charge in [0.2, 0.25) is 0 Å². The molecule has 0 atom stereocenters. The quantitative estimate of drug-likeness (QED) is 0.593. The van der Waals surface area contributed by atoms with Gasteiger partial charge in [-0.25, -0.2) is 4.79 Å². The average Bonchev–Trinajstić information content (AvgIpc) is 2.69. The minimum Gasteiger partial charge on any atom is -0.456 e.